The van der Waals surface area contributed by atoms with Gasteiger partial charge in [0.25, 0.3) is 0 Å². The summed E-state index contributed by atoms with van der Waals surface area (Å²) in [5, 5.41) is 0. The number of carbonyl (C=O) groups excluding carboxylic acids is 1. The Balaban J connectivity index is 1.46. The number of likely N-dealkylation sites (tertiary alicyclic amines) is 2. The number of hydrogen-bond acceptors (Lipinski definition) is 4. The van der Waals surface area contributed by atoms with Gasteiger partial charge in [-0.05, 0) is 58.2 Å². The molecule has 2 fully saturated rings. The van der Waals surface area contributed by atoms with Crippen molar-refractivity contribution in [1.82, 2.24) is 9.80 Å². The summed E-state index contributed by atoms with van der Waals surface area (Å²) in [6.07, 6.45) is 5.26. The molecule has 2 aliphatic heterocycles. The number of rotatable bonds is 7. The van der Waals surface area contributed by atoms with Gasteiger partial charge in [-0.1, -0.05) is 6.07 Å². The molecule has 2 saturated heterocycles. The van der Waals surface area contributed by atoms with Crippen LogP contribution in [0.1, 0.15) is 46.0 Å². The molecule has 0 aromatic heterocycles. The monoisotopic (exact) mass is 374 g/mol. The van der Waals surface area contributed by atoms with Crippen LogP contribution in [0.3, 0.4) is 0 Å². The maximum atomic E-state index is 12.2. The lowest BCUT2D eigenvalue weighted by atomic mass is 9.73. The first kappa shape index (κ1) is 20.0. The Morgan fingerprint density at radius 1 is 1.19 bits per heavy atom. The van der Waals surface area contributed by atoms with E-state index in [1.165, 1.54) is 12.8 Å². The van der Waals surface area contributed by atoms with E-state index in [1.807, 2.05) is 24.3 Å². The summed E-state index contributed by atoms with van der Waals surface area (Å²) in [7, 11) is 1.67. The molecule has 0 unspecified atom stereocenters. The summed E-state index contributed by atoms with van der Waals surface area (Å²) < 4.78 is 11.1. The van der Waals surface area contributed by atoms with Crippen LogP contribution in [-0.4, -0.2) is 61.6 Å². The van der Waals surface area contributed by atoms with E-state index in [1.54, 1.807) is 7.11 Å². The van der Waals surface area contributed by atoms with Crippen LogP contribution in [0.4, 0.5) is 0 Å². The highest BCUT2D eigenvalue weighted by Crippen LogP contribution is 2.39. The van der Waals surface area contributed by atoms with E-state index in [4.69, 9.17) is 9.47 Å². The molecule has 0 saturated carbocycles. The zero-order valence-corrected chi connectivity index (χ0v) is 17.1. The third-order valence-electron chi connectivity index (χ3n) is 5.99. The third-order valence-corrected chi connectivity index (χ3v) is 5.99. The molecule has 5 nitrogen and oxygen atoms in total. The van der Waals surface area contributed by atoms with Gasteiger partial charge in [-0.15, -0.1) is 0 Å². The predicted octanol–water partition coefficient (Wildman–Crippen LogP) is 3.58. The molecule has 2 heterocycles. The van der Waals surface area contributed by atoms with Gasteiger partial charge in [0, 0.05) is 43.6 Å². The fourth-order valence-corrected chi connectivity index (χ4v) is 4.52. The number of amides is 1. The van der Waals surface area contributed by atoms with Gasteiger partial charge in [0.2, 0.25) is 5.91 Å². The lowest BCUT2D eigenvalue weighted by Crippen LogP contribution is -2.55. The van der Waals surface area contributed by atoms with Gasteiger partial charge >= 0.3 is 0 Å². The molecule has 27 heavy (non-hydrogen) atoms. The number of piperidine rings is 2. The third kappa shape index (κ3) is 5.16. The van der Waals surface area contributed by atoms with E-state index < -0.39 is 0 Å². The van der Waals surface area contributed by atoms with Crippen molar-refractivity contribution in [2.45, 2.75) is 52.0 Å². The van der Waals surface area contributed by atoms with Gasteiger partial charge in [-0.3, -0.25) is 4.79 Å². The topological polar surface area (TPSA) is 42.0 Å². The molecular weight excluding hydrogens is 340 g/mol. The second kappa shape index (κ2) is 8.96. The molecular formula is C22H34N2O3. The summed E-state index contributed by atoms with van der Waals surface area (Å²) in [6, 6.07) is 8.08. The summed E-state index contributed by atoms with van der Waals surface area (Å²) in [4.78, 5) is 16.9. The summed E-state index contributed by atoms with van der Waals surface area (Å²) >= 11 is 0. The molecule has 5 heteroatoms. The Hall–Kier alpha value is -1.75. The number of methoxy groups -OCH3 is 1. The molecule has 3 rings (SSSR count). The maximum Gasteiger partial charge on any atom is 0.222 e. The normalized spacial score (nSPS) is 23.9. The Bertz CT molecular complexity index is 634. The molecule has 1 atom stereocenters. The van der Waals surface area contributed by atoms with Crippen LogP contribution in [-0.2, 0) is 4.79 Å². The number of ether oxygens (including phenoxy) is 2. The van der Waals surface area contributed by atoms with Crippen LogP contribution >= 0.6 is 0 Å². The number of benzene rings is 1. The maximum absolute atomic E-state index is 12.2. The lowest BCUT2D eigenvalue weighted by Gasteiger charge is -2.49. The smallest absolute Gasteiger partial charge is 0.222 e. The molecule has 0 radical (unpaired) electrons. The number of hydrogen-bond donors (Lipinski definition) is 0. The van der Waals surface area contributed by atoms with E-state index in [0.717, 1.165) is 50.5 Å². The van der Waals surface area contributed by atoms with E-state index >= 15 is 0 Å². The van der Waals surface area contributed by atoms with E-state index in [0.29, 0.717) is 30.4 Å². The SMILES string of the molecule is COc1cccc(OCCCN2CCC[C@]3(CCC(=O)N(C(C)C)C3)C2)c1. The number of nitrogens with zero attached hydrogens (tertiary/aromatic N) is 2. The Kier molecular flexibility index (Phi) is 6.64. The molecule has 1 aromatic rings. The summed E-state index contributed by atoms with van der Waals surface area (Å²) in [5.41, 5.74) is 0.296. The molecule has 1 aromatic carbocycles. The minimum Gasteiger partial charge on any atom is -0.497 e. The van der Waals surface area contributed by atoms with Gasteiger partial charge in [0.1, 0.15) is 11.5 Å². The van der Waals surface area contributed by atoms with Crippen molar-refractivity contribution in [3.8, 4) is 11.5 Å². The Morgan fingerprint density at radius 3 is 2.78 bits per heavy atom. The van der Waals surface area contributed by atoms with Crippen molar-refractivity contribution < 1.29 is 14.3 Å². The van der Waals surface area contributed by atoms with E-state index in [9.17, 15) is 4.79 Å². The minimum atomic E-state index is 0.296. The van der Waals surface area contributed by atoms with Gasteiger partial charge in [0.05, 0.1) is 13.7 Å². The molecule has 0 aliphatic carbocycles. The second-order valence-corrected chi connectivity index (χ2v) is 8.38. The molecule has 1 amide bonds. The van der Waals surface area contributed by atoms with Gasteiger partial charge in [-0.25, -0.2) is 0 Å². The molecule has 0 N–H and O–H groups in total. The van der Waals surface area contributed by atoms with Crippen LogP contribution in [0, 0.1) is 5.41 Å². The Labute approximate surface area is 163 Å². The quantitative estimate of drug-likeness (QED) is 0.684. The average molecular weight is 375 g/mol. The van der Waals surface area contributed by atoms with Crippen molar-refractivity contribution in [3.63, 3.8) is 0 Å². The first-order chi connectivity index (χ1) is 13.0. The van der Waals surface area contributed by atoms with Crippen molar-refractivity contribution in [1.29, 1.82) is 0 Å². The van der Waals surface area contributed by atoms with Crippen LogP contribution in [0.2, 0.25) is 0 Å². The standard InChI is InChI=1S/C22H34N2O3/c1-18(2)24-17-22(11-9-21(24)25)10-5-12-23(16-22)13-6-14-27-20-8-4-7-19(15-20)26-3/h4,7-8,15,18H,5-6,9-14,16-17H2,1-3H3/t22-/m0/s1. The van der Waals surface area contributed by atoms with Crippen molar-refractivity contribution in [2.75, 3.05) is 39.9 Å². The fraction of sp³-hybridized carbons (Fsp3) is 0.682. The van der Waals surface area contributed by atoms with Crippen molar-refractivity contribution in [2.24, 2.45) is 5.41 Å². The van der Waals surface area contributed by atoms with Crippen LogP contribution in [0.25, 0.3) is 0 Å². The molecule has 0 bridgehead atoms. The second-order valence-electron chi connectivity index (χ2n) is 8.38. The predicted molar refractivity (Wildman–Crippen MR) is 107 cm³/mol. The highest BCUT2D eigenvalue weighted by atomic mass is 16.5. The van der Waals surface area contributed by atoms with E-state index in [2.05, 4.69) is 23.6 Å². The highest BCUT2D eigenvalue weighted by molar-refractivity contribution is 5.77. The number of carbonyl (C=O) groups is 1. The first-order valence-corrected chi connectivity index (χ1v) is 10.3. The van der Waals surface area contributed by atoms with Crippen LogP contribution in [0.5, 0.6) is 11.5 Å². The molecule has 1 spiro atoms. The highest BCUT2D eigenvalue weighted by Gasteiger charge is 2.42. The van der Waals surface area contributed by atoms with Gasteiger partial charge in [-0.2, -0.15) is 0 Å². The zero-order valence-electron chi connectivity index (χ0n) is 17.1. The summed E-state index contributed by atoms with van der Waals surface area (Å²) in [5.74, 6) is 2.02. The Morgan fingerprint density at radius 2 is 2.00 bits per heavy atom. The zero-order chi connectivity index (χ0) is 19.3. The van der Waals surface area contributed by atoms with Gasteiger partial charge < -0.3 is 19.3 Å². The fourth-order valence-electron chi connectivity index (χ4n) is 4.52. The van der Waals surface area contributed by atoms with Crippen LogP contribution in [0.15, 0.2) is 24.3 Å². The molecule has 150 valence electrons. The van der Waals surface area contributed by atoms with Gasteiger partial charge in [0.15, 0.2) is 0 Å². The largest absolute Gasteiger partial charge is 0.497 e. The first-order valence-electron chi connectivity index (χ1n) is 10.3. The lowest BCUT2D eigenvalue weighted by molar-refractivity contribution is -0.141. The van der Waals surface area contributed by atoms with Crippen molar-refractivity contribution in [3.05, 3.63) is 24.3 Å². The summed E-state index contributed by atoms with van der Waals surface area (Å²) in [6.45, 7) is 9.25. The van der Waals surface area contributed by atoms with E-state index in [-0.39, 0.29) is 0 Å². The van der Waals surface area contributed by atoms with Crippen LogP contribution < -0.4 is 9.47 Å². The average Bonchev–Trinajstić information content (AvgIpc) is 2.68. The minimum absolute atomic E-state index is 0.296. The molecule has 2 aliphatic rings. The van der Waals surface area contributed by atoms with Crippen molar-refractivity contribution >= 4 is 5.91 Å².